The fraction of sp³-hybridized carbons (Fsp3) is 0.795. The molecular weight excluding hydrogens is 1410 g/mol. The van der Waals surface area contributed by atoms with Crippen LogP contribution in [0.3, 0.4) is 0 Å². The number of nitrogens with two attached hydrogens (primary N) is 1. The third-order valence-electron chi connectivity index (χ3n) is 24.0. The normalized spacial score (nSPS) is 30.0. The summed E-state index contributed by atoms with van der Waals surface area (Å²) < 4.78 is 98.6. The number of hydrogen-bond donors (Lipinski definition) is 9. The maximum atomic E-state index is 13.2. The van der Waals surface area contributed by atoms with Gasteiger partial charge < -0.3 is 70.6 Å². The third-order valence-corrected chi connectivity index (χ3v) is 24.9. The Morgan fingerprint density at radius 1 is 0.456 bits per heavy atom. The maximum absolute atomic E-state index is 13.2. The molecule has 2 heterocycles. The Morgan fingerprint density at radius 2 is 0.767 bits per heavy atom. The van der Waals surface area contributed by atoms with Crippen LogP contribution in [-0.2, 0) is 39.7 Å². The smallest absolute Gasteiger partial charge is 0.421 e. The molecule has 15 fully saturated rings. The molecule has 2 saturated heterocycles. The van der Waals surface area contributed by atoms with E-state index in [0.717, 1.165) is 151 Å². The summed E-state index contributed by atoms with van der Waals surface area (Å²) in [6.45, 7) is 4.15. The number of aliphatic hydroxyl groups is 6. The number of ketones is 2. The third kappa shape index (κ3) is 23.2. The van der Waals surface area contributed by atoms with Gasteiger partial charge in [-0.05, 0) is 253 Å². The van der Waals surface area contributed by atoms with Crippen molar-refractivity contribution < 1.29 is 100 Å². The van der Waals surface area contributed by atoms with Gasteiger partial charge in [-0.2, -0.15) is 26.3 Å². The number of alkyl halides is 7. The molecule has 18 nitrogen and oxygen atoms in total. The van der Waals surface area contributed by atoms with Crippen LogP contribution in [0.15, 0.2) is 48.5 Å². The van der Waals surface area contributed by atoms with Crippen LogP contribution in [0.1, 0.15) is 277 Å². The number of nitrogens with one attached hydrogen (secondary N) is 1. The second-order valence-corrected chi connectivity index (χ2v) is 34.1. The van der Waals surface area contributed by atoms with E-state index in [2.05, 4.69) is 21.2 Å². The minimum atomic E-state index is -4.81. The number of nitrogens with zero attached hydrogens (tertiary/aromatic N) is 1. The molecule has 13 aliphatic carbocycles. The van der Waals surface area contributed by atoms with Crippen molar-refractivity contribution in [1.82, 2.24) is 10.2 Å². The van der Waals surface area contributed by atoms with Crippen molar-refractivity contribution >= 4 is 39.4 Å². The van der Waals surface area contributed by atoms with Crippen molar-refractivity contribution in [2.45, 2.75) is 338 Å². The van der Waals surface area contributed by atoms with Crippen molar-refractivity contribution in [2.24, 2.45) is 29.4 Å². The molecule has 15 aliphatic rings. The number of carboxylic acids is 1. The number of aromatic carboxylic acids is 1. The maximum Gasteiger partial charge on any atom is 0.421 e. The first-order valence-corrected chi connectivity index (χ1v) is 39.4. The molecule has 2 aromatic carbocycles. The SMILES string of the molecule is BrC1CC1.C[C@](O)(c1ccc(C(=O)N(C2CC2)C2CCC(O)(C3CC3)CC2)cc1)C(F)(F)F.C[C@](O)(c1ccc(C(=O)O)cc1)C(F)(F)F.NC1CC1.O=C1CCC(O)(C2CC2)CC1.O=C1CCC2(CC1)OCCO2.OC1(C2CC2)CCC(NC2CC2)CC1.OC1(C2CC2)CCC2(CC1)OCCO2. The van der Waals surface area contributed by atoms with Gasteiger partial charge in [0.25, 0.3) is 5.91 Å². The van der Waals surface area contributed by atoms with Crippen LogP contribution in [0.5, 0.6) is 0 Å². The van der Waals surface area contributed by atoms with Crippen LogP contribution >= 0.6 is 15.9 Å². The second-order valence-electron chi connectivity index (χ2n) is 32.8. The molecule has 2 atom stereocenters. The molecule has 2 aliphatic heterocycles. The molecule has 25 heteroatoms. The minimum absolute atomic E-state index is 0.0620. The van der Waals surface area contributed by atoms with Crippen molar-refractivity contribution in [2.75, 3.05) is 26.4 Å². The molecule has 13 saturated carbocycles. The van der Waals surface area contributed by atoms with Gasteiger partial charge in [0.1, 0.15) is 11.6 Å². The highest BCUT2D eigenvalue weighted by Crippen LogP contribution is 2.53. The molecule has 2 spiro atoms. The number of hydrogen-bond acceptors (Lipinski definition) is 16. The van der Waals surface area contributed by atoms with Gasteiger partial charge in [0.05, 0.1) is 54.4 Å². The molecule has 0 aromatic heterocycles. The van der Waals surface area contributed by atoms with E-state index in [1.165, 1.54) is 114 Å². The van der Waals surface area contributed by atoms with Crippen molar-refractivity contribution in [1.29, 1.82) is 0 Å². The van der Waals surface area contributed by atoms with Gasteiger partial charge >= 0.3 is 18.3 Å². The van der Waals surface area contributed by atoms with E-state index in [0.29, 0.717) is 118 Å². The summed E-state index contributed by atoms with van der Waals surface area (Å²) in [4.78, 5) is 48.2. The number of Topliss-reactive ketones (excluding diaryl/α,β-unsaturated/α-hetero) is 2. The number of amides is 1. The first-order chi connectivity index (χ1) is 48.5. The predicted molar refractivity (Wildman–Crippen MR) is 375 cm³/mol. The molecule has 103 heavy (non-hydrogen) atoms. The van der Waals surface area contributed by atoms with E-state index in [4.69, 9.17) is 29.8 Å². The number of carbonyl (C=O) groups excluding carboxylic acids is 3. The zero-order chi connectivity index (χ0) is 74.4. The summed E-state index contributed by atoms with van der Waals surface area (Å²) in [6.07, 6.45) is 26.1. The van der Waals surface area contributed by atoms with E-state index in [9.17, 15) is 76.2 Å². The molecule has 1 amide bonds. The highest BCUT2D eigenvalue weighted by Gasteiger charge is 2.55. The Hall–Kier alpha value is -3.70. The number of halogens is 7. The van der Waals surface area contributed by atoms with Crippen LogP contribution in [0.4, 0.5) is 26.3 Å². The molecule has 17 rings (SSSR count). The highest BCUT2D eigenvalue weighted by atomic mass is 79.9. The van der Waals surface area contributed by atoms with Crippen molar-refractivity contribution in [3.8, 4) is 0 Å². The van der Waals surface area contributed by atoms with Crippen LogP contribution in [0.2, 0.25) is 0 Å². The Kier molecular flexibility index (Phi) is 26.7. The van der Waals surface area contributed by atoms with Gasteiger partial charge in [-0.15, -0.1) is 0 Å². The fourth-order valence-corrected chi connectivity index (χ4v) is 15.6. The number of benzene rings is 2. The Bertz CT molecular complexity index is 3030. The minimum Gasteiger partial charge on any atom is -0.478 e. The van der Waals surface area contributed by atoms with Gasteiger partial charge in [0, 0.05) is 92.0 Å². The number of carboxylic acid groups (broad SMARTS) is 1. The molecule has 0 bridgehead atoms. The van der Waals surface area contributed by atoms with E-state index >= 15 is 0 Å². The van der Waals surface area contributed by atoms with Gasteiger partial charge in [-0.3, -0.25) is 14.4 Å². The molecule has 0 radical (unpaired) electrons. The Balaban J connectivity index is 0.000000134. The standard InChI is InChI=1S/C22H28F3NO3.C12H21NO.C11H18O3.C10H9F3O3.C9H14O2.C8H12O3.C3H5Br.C3H7N/c1-20(28,22(23,24)25)15-4-2-14(3-5-15)19(27)26(17-8-9-17)18-10-12-21(29,13-11-18)16-6-7-16;14-12(9-1-2-9)7-5-11(6-8-12)13-10-3-4-10;12-10(9-1-2-9)3-5-11(6-4-10)13-7-8-14-11;1-9(16,10(11,12)13)7-4-2-6(3-5-7)8(14)15;10-8-3-5-9(11,6-4-8)7-1-2-7;9-7-1-3-8(4-2-7)10-5-6-11-8;2*4-3-1-2-3/h2-5,16-18,28-29H,6-13H2,1H3;9-11,13-14H,1-8H2;9,12H,1-8H2;2-5,16H,1H3,(H,14,15);7,11H,1-6H2;1-6H2;3H,1-2H2;3H,1-2,4H2/t18?,20-,21?;;;9-;;;;/m0..0..../s1. The van der Waals surface area contributed by atoms with E-state index < -0.39 is 46.3 Å². The van der Waals surface area contributed by atoms with Crippen molar-refractivity contribution in [3.05, 3.63) is 70.8 Å². The average molecular weight is 1530 g/mol. The van der Waals surface area contributed by atoms with Crippen LogP contribution in [-0.4, -0.2) is 172 Å². The summed E-state index contributed by atoms with van der Waals surface area (Å²) in [5.74, 6) is 0.731. The number of ether oxygens (including phenoxy) is 4. The monoisotopic (exact) mass is 1530 g/mol. The summed E-state index contributed by atoms with van der Waals surface area (Å²) in [6, 6.07) is 11.4. The molecule has 10 N–H and O–H groups in total. The summed E-state index contributed by atoms with van der Waals surface area (Å²) in [5, 5.41) is 72.8. The van der Waals surface area contributed by atoms with Gasteiger partial charge in [0.15, 0.2) is 22.8 Å². The largest absolute Gasteiger partial charge is 0.478 e. The predicted octanol–water partition coefficient (Wildman–Crippen LogP) is 13.4. The lowest BCUT2D eigenvalue weighted by Crippen LogP contribution is -2.48. The first-order valence-electron chi connectivity index (χ1n) is 38.5. The van der Waals surface area contributed by atoms with E-state index in [1.54, 1.807) is 0 Å². The number of carbonyl (C=O) groups is 4. The second kappa shape index (κ2) is 33.7. The molecule has 2 aromatic rings. The Labute approximate surface area is 611 Å². The molecule has 0 unspecified atom stereocenters. The topological polar surface area (TPSA) is 288 Å². The van der Waals surface area contributed by atoms with Crippen LogP contribution in [0, 0.1) is 23.7 Å². The average Bonchev–Trinajstić information content (AvgIpc) is 1.69. The quantitative estimate of drug-likeness (QED) is 0.0705. The fourth-order valence-electron chi connectivity index (χ4n) is 15.4. The van der Waals surface area contributed by atoms with Gasteiger partial charge in [-0.25, -0.2) is 4.79 Å². The lowest BCUT2D eigenvalue weighted by Gasteiger charge is -2.41. The lowest BCUT2D eigenvalue weighted by atomic mass is 9.78. The lowest BCUT2D eigenvalue weighted by molar-refractivity contribution is -0.259. The summed E-state index contributed by atoms with van der Waals surface area (Å²) >= 11 is 3.38. The molecule has 580 valence electrons. The highest BCUT2D eigenvalue weighted by molar-refractivity contribution is 9.09. The van der Waals surface area contributed by atoms with Crippen molar-refractivity contribution in [3.63, 3.8) is 0 Å². The zero-order valence-electron chi connectivity index (χ0n) is 60.2. The Morgan fingerprint density at radius 3 is 1.09 bits per heavy atom. The van der Waals surface area contributed by atoms with Gasteiger partial charge in [0.2, 0.25) is 0 Å². The van der Waals surface area contributed by atoms with Crippen LogP contribution in [0.25, 0.3) is 0 Å². The first kappa shape index (κ1) is 81.8. The molecular formula is C78H114BrF6N3O15. The van der Waals surface area contributed by atoms with E-state index in [1.807, 2.05) is 4.90 Å². The summed E-state index contributed by atoms with van der Waals surface area (Å²) in [7, 11) is 0. The van der Waals surface area contributed by atoms with Gasteiger partial charge in [-0.1, -0.05) is 40.2 Å². The number of rotatable bonds is 12. The summed E-state index contributed by atoms with van der Waals surface area (Å²) in [5.41, 5.74) is -2.89. The van der Waals surface area contributed by atoms with Crippen LogP contribution < -0.4 is 11.1 Å². The van der Waals surface area contributed by atoms with E-state index in [-0.39, 0.29) is 51.9 Å². The zero-order valence-corrected chi connectivity index (χ0v) is 61.8.